The largest absolute Gasteiger partial charge is 0.508 e. The Balaban J connectivity index is 1.32. The molecule has 0 amide bonds. The Labute approximate surface area is 215 Å². The monoisotopic (exact) mass is 505 g/mol. The number of ether oxygens (including phenoxy) is 1. The molecule has 5 rings (SSSR count). The minimum absolute atomic E-state index is 0.192. The summed E-state index contributed by atoms with van der Waals surface area (Å²) in [6.45, 7) is 6.78. The maximum absolute atomic E-state index is 14.9. The number of aromatic nitrogens is 1. The molecule has 1 aliphatic rings. The van der Waals surface area contributed by atoms with Crippen molar-refractivity contribution >= 4 is 27.2 Å². The van der Waals surface area contributed by atoms with Crippen LogP contribution in [0.4, 0.5) is 10.1 Å². The Kier molecular flexibility index (Phi) is 7.68. The second kappa shape index (κ2) is 11.3. The lowest BCUT2D eigenvalue weighted by molar-refractivity contribution is 0.180. The number of phenols is 1. The summed E-state index contributed by atoms with van der Waals surface area (Å²) < 4.78 is 21.8. The summed E-state index contributed by atoms with van der Waals surface area (Å²) in [4.78, 5) is 9.33. The zero-order chi connectivity index (χ0) is 24.9. The van der Waals surface area contributed by atoms with Crippen molar-refractivity contribution in [2.75, 3.05) is 37.7 Å². The van der Waals surface area contributed by atoms with Gasteiger partial charge in [-0.3, -0.25) is 4.90 Å². The van der Waals surface area contributed by atoms with Crippen molar-refractivity contribution in [1.82, 2.24) is 9.88 Å². The summed E-state index contributed by atoms with van der Waals surface area (Å²) in [5.41, 5.74) is 3.63. The van der Waals surface area contributed by atoms with Gasteiger partial charge in [-0.1, -0.05) is 24.6 Å². The Morgan fingerprint density at radius 1 is 1.06 bits per heavy atom. The number of benzene rings is 3. The van der Waals surface area contributed by atoms with Crippen LogP contribution in [-0.2, 0) is 6.54 Å². The number of para-hydroxylation sites is 1. The molecular formula is C29H32FN3O2S. The zero-order valence-corrected chi connectivity index (χ0v) is 21.4. The number of fused-ring (bicyclic) bond motifs is 1. The Hall–Kier alpha value is -3.16. The van der Waals surface area contributed by atoms with Crippen LogP contribution in [0, 0.1) is 5.82 Å². The van der Waals surface area contributed by atoms with Crippen LogP contribution < -0.4 is 9.64 Å². The van der Waals surface area contributed by atoms with Crippen molar-refractivity contribution in [2.45, 2.75) is 32.7 Å². The highest BCUT2D eigenvalue weighted by Crippen LogP contribution is 2.38. The number of hydrogen-bond donors (Lipinski definition) is 1. The molecule has 188 valence electrons. The molecule has 7 heteroatoms. The van der Waals surface area contributed by atoms with Gasteiger partial charge in [0.2, 0.25) is 0 Å². The quantitative estimate of drug-likeness (QED) is 0.274. The molecule has 0 atom stereocenters. The lowest BCUT2D eigenvalue weighted by atomic mass is 10.1. The van der Waals surface area contributed by atoms with Crippen molar-refractivity contribution in [2.24, 2.45) is 0 Å². The van der Waals surface area contributed by atoms with Gasteiger partial charge in [-0.2, -0.15) is 0 Å². The minimum atomic E-state index is -0.343. The van der Waals surface area contributed by atoms with E-state index in [1.54, 1.807) is 35.6 Å². The van der Waals surface area contributed by atoms with Gasteiger partial charge in [0.25, 0.3) is 0 Å². The second-order valence-electron chi connectivity index (χ2n) is 9.22. The second-order valence-corrected chi connectivity index (χ2v) is 10.2. The highest BCUT2D eigenvalue weighted by molar-refractivity contribution is 7.21. The van der Waals surface area contributed by atoms with Gasteiger partial charge in [0.15, 0.2) is 11.6 Å². The third kappa shape index (κ3) is 5.63. The van der Waals surface area contributed by atoms with Gasteiger partial charge in [-0.05, 0) is 74.8 Å². The summed E-state index contributed by atoms with van der Waals surface area (Å²) >= 11 is 1.63. The van der Waals surface area contributed by atoms with Crippen LogP contribution in [-0.4, -0.2) is 47.8 Å². The van der Waals surface area contributed by atoms with E-state index in [9.17, 15) is 9.50 Å². The molecule has 1 N–H and O–H groups in total. The standard InChI is InChI=1S/C29H32FN3O2S/c1-2-33(20-21-10-13-27(24(30)18-21)35-17-16-32-14-6-3-7-15-32)26-19-22(34)11-12-23(26)29-31-25-8-4-5-9-28(25)36-29/h4-5,8-13,18-19,34H,2-3,6-7,14-17,20H2,1H3. The first-order valence-electron chi connectivity index (χ1n) is 12.7. The van der Waals surface area contributed by atoms with E-state index in [1.165, 1.54) is 19.3 Å². The highest BCUT2D eigenvalue weighted by atomic mass is 32.1. The topological polar surface area (TPSA) is 48.8 Å². The molecule has 1 aliphatic heterocycles. The summed E-state index contributed by atoms with van der Waals surface area (Å²) in [7, 11) is 0. The zero-order valence-electron chi connectivity index (χ0n) is 20.6. The Morgan fingerprint density at radius 3 is 2.67 bits per heavy atom. The number of anilines is 1. The van der Waals surface area contributed by atoms with Crippen LogP contribution in [0.1, 0.15) is 31.7 Å². The van der Waals surface area contributed by atoms with E-state index in [1.807, 2.05) is 30.3 Å². The van der Waals surface area contributed by atoms with Crippen LogP contribution in [0.15, 0.2) is 60.7 Å². The molecule has 0 aliphatic carbocycles. The molecular weight excluding hydrogens is 473 g/mol. The average molecular weight is 506 g/mol. The smallest absolute Gasteiger partial charge is 0.165 e. The number of piperidine rings is 1. The molecule has 36 heavy (non-hydrogen) atoms. The molecule has 4 aromatic rings. The molecule has 0 saturated carbocycles. The first kappa shape index (κ1) is 24.5. The number of hydrogen-bond acceptors (Lipinski definition) is 6. The molecule has 0 unspecified atom stereocenters. The van der Waals surface area contributed by atoms with Gasteiger partial charge in [-0.15, -0.1) is 11.3 Å². The number of nitrogens with zero attached hydrogens (tertiary/aromatic N) is 3. The Morgan fingerprint density at radius 2 is 1.89 bits per heavy atom. The number of phenolic OH excluding ortho intramolecular Hbond substituents is 1. The van der Waals surface area contributed by atoms with Crippen LogP contribution in [0.5, 0.6) is 11.5 Å². The van der Waals surface area contributed by atoms with E-state index in [4.69, 9.17) is 9.72 Å². The molecule has 3 aromatic carbocycles. The van der Waals surface area contributed by atoms with Crippen molar-refractivity contribution in [1.29, 1.82) is 0 Å². The SMILES string of the molecule is CCN(Cc1ccc(OCCN2CCCCC2)c(F)c1)c1cc(O)ccc1-c1nc2ccccc2s1. The van der Waals surface area contributed by atoms with Gasteiger partial charge in [-0.25, -0.2) is 9.37 Å². The molecule has 1 saturated heterocycles. The maximum Gasteiger partial charge on any atom is 0.165 e. The van der Waals surface area contributed by atoms with E-state index >= 15 is 0 Å². The molecule has 5 nitrogen and oxygen atoms in total. The number of halogens is 1. The van der Waals surface area contributed by atoms with Crippen molar-refractivity contribution in [3.05, 3.63) is 72.0 Å². The number of rotatable bonds is 9. The van der Waals surface area contributed by atoms with Gasteiger partial charge < -0.3 is 14.7 Å². The van der Waals surface area contributed by atoms with E-state index in [0.29, 0.717) is 25.4 Å². The molecule has 0 spiro atoms. The summed E-state index contributed by atoms with van der Waals surface area (Å²) in [6.07, 6.45) is 3.76. The summed E-state index contributed by atoms with van der Waals surface area (Å²) in [5, 5.41) is 11.2. The summed E-state index contributed by atoms with van der Waals surface area (Å²) in [6, 6.07) is 18.6. The molecule has 1 fully saturated rings. The third-order valence-electron chi connectivity index (χ3n) is 6.71. The van der Waals surface area contributed by atoms with Gasteiger partial charge >= 0.3 is 0 Å². The normalized spacial score (nSPS) is 14.3. The molecule has 0 bridgehead atoms. The predicted molar refractivity (Wildman–Crippen MR) is 146 cm³/mol. The van der Waals surface area contributed by atoms with Gasteiger partial charge in [0.1, 0.15) is 17.4 Å². The fraction of sp³-hybridized carbons (Fsp3) is 0.345. The number of thiazole rings is 1. The number of likely N-dealkylation sites (tertiary alicyclic amines) is 1. The van der Waals surface area contributed by atoms with Crippen molar-refractivity contribution < 1.29 is 14.2 Å². The van der Waals surface area contributed by atoms with Crippen LogP contribution in [0.3, 0.4) is 0 Å². The maximum atomic E-state index is 14.9. The number of aromatic hydroxyl groups is 1. The van der Waals surface area contributed by atoms with E-state index < -0.39 is 0 Å². The Bertz CT molecular complexity index is 1290. The first-order valence-corrected chi connectivity index (χ1v) is 13.5. The van der Waals surface area contributed by atoms with E-state index in [2.05, 4.69) is 22.8 Å². The van der Waals surface area contributed by atoms with E-state index in [0.717, 1.165) is 51.7 Å². The fourth-order valence-corrected chi connectivity index (χ4v) is 5.76. The third-order valence-corrected chi connectivity index (χ3v) is 7.78. The van der Waals surface area contributed by atoms with Crippen molar-refractivity contribution in [3.8, 4) is 22.1 Å². The van der Waals surface area contributed by atoms with Crippen LogP contribution in [0.25, 0.3) is 20.8 Å². The molecule has 2 heterocycles. The predicted octanol–water partition coefficient (Wildman–Crippen LogP) is 6.70. The van der Waals surface area contributed by atoms with E-state index in [-0.39, 0.29) is 11.6 Å². The average Bonchev–Trinajstić information content (AvgIpc) is 3.33. The van der Waals surface area contributed by atoms with Crippen molar-refractivity contribution in [3.63, 3.8) is 0 Å². The highest BCUT2D eigenvalue weighted by Gasteiger charge is 2.17. The fourth-order valence-electron chi connectivity index (χ4n) is 4.77. The summed E-state index contributed by atoms with van der Waals surface area (Å²) in [5.74, 6) is 0.146. The molecule has 1 aromatic heterocycles. The first-order chi connectivity index (χ1) is 17.6. The lowest BCUT2D eigenvalue weighted by Crippen LogP contribution is -2.33. The lowest BCUT2D eigenvalue weighted by Gasteiger charge is -2.26. The van der Waals surface area contributed by atoms with Crippen LogP contribution >= 0.6 is 11.3 Å². The minimum Gasteiger partial charge on any atom is -0.508 e. The molecule has 0 radical (unpaired) electrons. The van der Waals surface area contributed by atoms with Gasteiger partial charge in [0.05, 0.1) is 15.9 Å². The van der Waals surface area contributed by atoms with Gasteiger partial charge in [0, 0.05) is 31.3 Å². The van der Waals surface area contributed by atoms with Crippen LogP contribution in [0.2, 0.25) is 0 Å².